The number of rotatable bonds is 4. The SMILES string of the molecule is NCC(F)(F)CNC(=O)C1Cc2ccccc2C1. The van der Waals surface area contributed by atoms with Gasteiger partial charge in [-0.3, -0.25) is 4.79 Å². The molecule has 0 aromatic heterocycles. The van der Waals surface area contributed by atoms with Gasteiger partial charge >= 0.3 is 0 Å². The second-order valence-electron chi connectivity index (χ2n) is 4.65. The number of nitrogens with two attached hydrogens (primary N) is 1. The van der Waals surface area contributed by atoms with Crippen molar-refractivity contribution in [1.82, 2.24) is 5.32 Å². The standard InChI is InChI=1S/C13H16F2N2O/c14-13(15,7-16)8-17-12(18)11-5-9-3-1-2-4-10(9)6-11/h1-4,11H,5-8,16H2,(H,17,18). The molecule has 0 unspecified atom stereocenters. The normalized spacial score (nSPS) is 15.5. The minimum absolute atomic E-state index is 0.240. The lowest BCUT2D eigenvalue weighted by molar-refractivity contribution is -0.126. The summed E-state index contributed by atoms with van der Waals surface area (Å²) in [7, 11) is 0. The van der Waals surface area contributed by atoms with Crippen LogP contribution < -0.4 is 11.1 Å². The number of halogens is 2. The molecular weight excluding hydrogens is 238 g/mol. The van der Waals surface area contributed by atoms with Gasteiger partial charge in [-0.2, -0.15) is 0 Å². The molecule has 0 saturated heterocycles. The molecule has 98 valence electrons. The first kappa shape index (κ1) is 13.0. The molecule has 1 aliphatic rings. The molecule has 1 aliphatic carbocycles. The monoisotopic (exact) mass is 254 g/mol. The number of fused-ring (bicyclic) bond motifs is 1. The van der Waals surface area contributed by atoms with Gasteiger partial charge in [0.05, 0.1) is 13.1 Å². The Morgan fingerprint density at radius 2 is 1.89 bits per heavy atom. The number of hydrogen-bond donors (Lipinski definition) is 2. The molecule has 0 saturated carbocycles. The van der Waals surface area contributed by atoms with E-state index in [2.05, 4.69) is 5.32 Å². The van der Waals surface area contributed by atoms with Crippen molar-refractivity contribution in [3.8, 4) is 0 Å². The number of carbonyl (C=O) groups is 1. The molecule has 5 heteroatoms. The smallest absolute Gasteiger partial charge is 0.277 e. The zero-order chi connectivity index (χ0) is 13.2. The lowest BCUT2D eigenvalue weighted by atomic mass is 10.1. The van der Waals surface area contributed by atoms with Crippen LogP contribution in [0.1, 0.15) is 11.1 Å². The molecule has 1 amide bonds. The van der Waals surface area contributed by atoms with Crippen molar-refractivity contribution >= 4 is 5.91 Å². The first-order chi connectivity index (χ1) is 8.52. The molecular formula is C13H16F2N2O. The predicted molar refractivity (Wildman–Crippen MR) is 64.4 cm³/mol. The van der Waals surface area contributed by atoms with E-state index in [1.807, 2.05) is 24.3 Å². The highest BCUT2D eigenvalue weighted by molar-refractivity contribution is 5.80. The highest BCUT2D eigenvalue weighted by atomic mass is 19.3. The van der Waals surface area contributed by atoms with E-state index in [0.717, 1.165) is 11.1 Å². The van der Waals surface area contributed by atoms with Crippen LogP contribution in [0, 0.1) is 5.92 Å². The van der Waals surface area contributed by atoms with Crippen LogP contribution in [-0.4, -0.2) is 24.9 Å². The van der Waals surface area contributed by atoms with Crippen LogP contribution >= 0.6 is 0 Å². The molecule has 0 bridgehead atoms. The van der Waals surface area contributed by atoms with Crippen LogP contribution in [0.2, 0.25) is 0 Å². The van der Waals surface area contributed by atoms with Crippen molar-refractivity contribution in [2.24, 2.45) is 11.7 Å². The van der Waals surface area contributed by atoms with Gasteiger partial charge in [0.2, 0.25) is 5.91 Å². The fourth-order valence-electron chi connectivity index (χ4n) is 2.18. The van der Waals surface area contributed by atoms with E-state index < -0.39 is 19.0 Å². The van der Waals surface area contributed by atoms with Gasteiger partial charge in [0, 0.05) is 5.92 Å². The highest BCUT2D eigenvalue weighted by Gasteiger charge is 2.31. The number of amides is 1. The molecule has 0 fully saturated rings. The predicted octanol–water partition coefficient (Wildman–Crippen LogP) is 1.11. The quantitative estimate of drug-likeness (QED) is 0.845. The van der Waals surface area contributed by atoms with Gasteiger partial charge in [-0.25, -0.2) is 8.78 Å². The summed E-state index contributed by atoms with van der Waals surface area (Å²) in [5.74, 6) is -3.59. The van der Waals surface area contributed by atoms with Crippen LogP contribution in [0.15, 0.2) is 24.3 Å². The van der Waals surface area contributed by atoms with E-state index in [1.54, 1.807) is 0 Å². The van der Waals surface area contributed by atoms with Crippen LogP contribution in [0.25, 0.3) is 0 Å². The van der Waals surface area contributed by atoms with E-state index in [1.165, 1.54) is 0 Å². The Balaban J connectivity index is 1.90. The maximum absolute atomic E-state index is 12.9. The van der Waals surface area contributed by atoms with E-state index in [4.69, 9.17) is 5.73 Å². The molecule has 18 heavy (non-hydrogen) atoms. The molecule has 0 aliphatic heterocycles. The Morgan fingerprint density at radius 3 is 2.39 bits per heavy atom. The van der Waals surface area contributed by atoms with Gasteiger partial charge in [0.1, 0.15) is 0 Å². The van der Waals surface area contributed by atoms with Crippen LogP contribution in [0.4, 0.5) is 8.78 Å². The summed E-state index contributed by atoms with van der Waals surface area (Å²) in [5, 5.41) is 2.28. The van der Waals surface area contributed by atoms with E-state index in [-0.39, 0.29) is 11.8 Å². The van der Waals surface area contributed by atoms with Crippen LogP contribution in [0.3, 0.4) is 0 Å². The summed E-state index contributed by atoms with van der Waals surface area (Å²) in [6, 6.07) is 7.78. The summed E-state index contributed by atoms with van der Waals surface area (Å²) in [6.45, 7) is -1.44. The summed E-state index contributed by atoms with van der Waals surface area (Å²) in [6.07, 6.45) is 1.24. The number of carbonyl (C=O) groups excluding carboxylic acids is 1. The summed E-state index contributed by atoms with van der Waals surface area (Å²) in [4.78, 5) is 11.8. The Kier molecular flexibility index (Phi) is 3.61. The Bertz CT molecular complexity index is 423. The second kappa shape index (κ2) is 5.02. The molecule has 0 radical (unpaired) electrons. The van der Waals surface area contributed by atoms with Crippen LogP contribution in [-0.2, 0) is 17.6 Å². The van der Waals surface area contributed by atoms with Crippen molar-refractivity contribution in [2.75, 3.05) is 13.1 Å². The van der Waals surface area contributed by atoms with Crippen molar-refractivity contribution in [1.29, 1.82) is 0 Å². The summed E-state index contributed by atoms with van der Waals surface area (Å²) >= 11 is 0. The lowest BCUT2D eigenvalue weighted by Gasteiger charge is -2.16. The van der Waals surface area contributed by atoms with Gasteiger partial charge in [0.25, 0.3) is 5.92 Å². The Hall–Kier alpha value is -1.49. The zero-order valence-corrected chi connectivity index (χ0v) is 9.96. The van der Waals surface area contributed by atoms with Gasteiger partial charge in [-0.15, -0.1) is 0 Å². The molecule has 2 rings (SSSR count). The van der Waals surface area contributed by atoms with Crippen molar-refractivity contribution in [3.63, 3.8) is 0 Å². The summed E-state index contributed by atoms with van der Waals surface area (Å²) < 4.78 is 25.8. The third-order valence-corrected chi connectivity index (χ3v) is 3.24. The summed E-state index contributed by atoms with van der Waals surface area (Å²) in [5.41, 5.74) is 7.17. The van der Waals surface area contributed by atoms with E-state index in [9.17, 15) is 13.6 Å². The van der Waals surface area contributed by atoms with Crippen LogP contribution in [0.5, 0.6) is 0 Å². The Morgan fingerprint density at radius 1 is 1.33 bits per heavy atom. The zero-order valence-electron chi connectivity index (χ0n) is 9.96. The van der Waals surface area contributed by atoms with E-state index in [0.29, 0.717) is 12.8 Å². The van der Waals surface area contributed by atoms with Gasteiger partial charge in [-0.1, -0.05) is 24.3 Å². The van der Waals surface area contributed by atoms with Crippen molar-refractivity contribution in [2.45, 2.75) is 18.8 Å². The minimum Gasteiger partial charge on any atom is -0.350 e. The fourth-order valence-corrected chi connectivity index (χ4v) is 2.18. The first-order valence-corrected chi connectivity index (χ1v) is 5.94. The molecule has 3 N–H and O–H groups in total. The van der Waals surface area contributed by atoms with Gasteiger partial charge < -0.3 is 11.1 Å². The maximum atomic E-state index is 12.9. The largest absolute Gasteiger partial charge is 0.350 e. The number of benzene rings is 1. The molecule has 0 atom stereocenters. The second-order valence-corrected chi connectivity index (χ2v) is 4.65. The topological polar surface area (TPSA) is 55.1 Å². The third-order valence-electron chi connectivity index (χ3n) is 3.24. The highest BCUT2D eigenvalue weighted by Crippen LogP contribution is 2.26. The Labute approximate surface area is 104 Å². The third kappa shape index (κ3) is 2.85. The average Bonchev–Trinajstić information content (AvgIpc) is 2.80. The first-order valence-electron chi connectivity index (χ1n) is 5.94. The average molecular weight is 254 g/mol. The molecule has 0 spiro atoms. The van der Waals surface area contributed by atoms with Gasteiger partial charge in [-0.05, 0) is 24.0 Å². The lowest BCUT2D eigenvalue weighted by Crippen LogP contribution is -2.43. The maximum Gasteiger partial charge on any atom is 0.277 e. The van der Waals surface area contributed by atoms with Crippen molar-refractivity contribution < 1.29 is 13.6 Å². The fraction of sp³-hybridized carbons (Fsp3) is 0.462. The van der Waals surface area contributed by atoms with E-state index >= 15 is 0 Å². The van der Waals surface area contributed by atoms with Crippen molar-refractivity contribution in [3.05, 3.63) is 35.4 Å². The number of nitrogens with one attached hydrogen (secondary N) is 1. The molecule has 3 nitrogen and oxygen atoms in total. The molecule has 0 heterocycles. The van der Waals surface area contributed by atoms with Gasteiger partial charge in [0.15, 0.2) is 0 Å². The number of alkyl halides is 2. The minimum atomic E-state index is -3.03. The molecule has 1 aromatic rings. The molecule has 1 aromatic carbocycles. The number of hydrogen-bond acceptors (Lipinski definition) is 2.